The molecule has 4 heterocycles. The second-order valence-corrected chi connectivity index (χ2v) is 8.18. The number of aliphatic carboxylic acids is 1. The van der Waals surface area contributed by atoms with Gasteiger partial charge >= 0.3 is 5.97 Å². The highest BCUT2D eigenvalue weighted by molar-refractivity contribution is 5.93. The number of carboxylic acids is 1. The van der Waals surface area contributed by atoms with E-state index in [0.29, 0.717) is 96.2 Å². The first kappa shape index (κ1) is 23.2. The van der Waals surface area contributed by atoms with Gasteiger partial charge in [-0.3, -0.25) is 14.4 Å². The molecule has 1 aromatic rings. The minimum Gasteiger partial charge on any atom is -0.481 e. The summed E-state index contributed by atoms with van der Waals surface area (Å²) >= 11 is 0. The molecular weight excluding hydrogens is 432 g/mol. The number of nitrogens with zero attached hydrogens (tertiary/aromatic N) is 6. The van der Waals surface area contributed by atoms with Crippen LogP contribution in [0.1, 0.15) is 23.3 Å². The summed E-state index contributed by atoms with van der Waals surface area (Å²) in [6, 6.07) is 1.74. The highest BCUT2D eigenvalue weighted by atomic mass is 16.5. The molecule has 0 spiro atoms. The third-order valence-electron chi connectivity index (χ3n) is 6.02. The number of aromatic nitrogens is 2. The Morgan fingerprint density at radius 2 is 1.36 bits per heavy atom. The number of amides is 2. The summed E-state index contributed by atoms with van der Waals surface area (Å²) in [6.07, 6.45) is -0.214. The first-order valence-electron chi connectivity index (χ1n) is 11.3. The van der Waals surface area contributed by atoms with E-state index < -0.39 is 5.97 Å². The van der Waals surface area contributed by atoms with Gasteiger partial charge in [0.15, 0.2) is 0 Å². The van der Waals surface area contributed by atoms with Crippen molar-refractivity contribution in [2.45, 2.75) is 12.8 Å². The van der Waals surface area contributed by atoms with Crippen LogP contribution in [-0.2, 0) is 19.1 Å². The molecule has 33 heavy (non-hydrogen) atoms. The maximum Gasteiger partial charge on any atom is 0.303 e. The Kier molecular flexibility index (Phi) is 7.55. The maximum absolute atomic E-state index is 13.3. The predicted octanol–water partition coefficient (Wildman–Crippen LogP) is -0.701. The number of piperazine rings is 1. The van der Waals surface area contributed by atoms with E-state index in [-0.39, 0.29) is 24.7 Å². The Balaban J connectivity index is 1.47. The normalized spacial score (nSPS) is 19.5. The number of anilines is 2. The van der Waals surface area contributed by atoms with Crippen LogP contribution < -0.4 is 9.80 Å². The van der Waals surface area contributed by atoms with E-state index in [1.54, 1.807) is 15.9 Å². The van der Waals surface area contributed by atoms with Gasteiger partial charge in [-0.2, -0.15) is 4.98 Å². The fourth-order valence-corrected chi connectivity index (χ4v) is 4.08. The van der Waals surface area contributed by atoms with Gasteiger partial charge in [-0.15, -0.1) is 0 Å². The summed E-state index contributed by atoms with van der Waals surface area (Å²) in [5.41, 5.74) is 0.332. The van der Waals surface area contributed by atoms with E-state index >= 15 is 0 Å². The maximum atomic E-state index is 13.3. The lowest BCUT2D eigenvalue weighted by Gasteiger charge is -2.35. The molecule has 0 unspecified atom stereocenters. The zero-order valence-corrected chi connectivity index (χ0v) is 18.6. The van der Waals surface area contributed by atoms with Gasteiger partial charge in [-0.25, -0.2) is 4.98 Å². The average Bonchev–Trinajstić information content (AvgIpc) is 2.87. The van der Waals surface area contributed by atoms with Gasteiger partial charge in [0.05, 0.1) is 32.8 Å². The molecule has 12 heteroatoms. The van der Waals surface area contributed by atoms with Gasteiger partial charge in [0.2, 0.25) is 11.9 Å². The first-order chi connectivity index (χ1) is 16.0. The predicted molar refractivity (Wildman–Crippen MR) is 117 cm³/mol. The highest BCUT2D eigenvalue weighted by Crippen LogP contribution is 2.21. The molecule has 0 saturated carbocycles. The molecule has 3 fully saturated rings. The number of carbonyl (C=O) groups excluding carboxylic acids is 2. The lowest BCUT2D eigenvalue weighted by molar-refractivity contribution is -0.141. The largest absolute Gasteiger partial charge is 0.481 e. The summed E-state index contributed by atoms with van der Waals surface area (Å²) in [6.45, 7) is 6.63. The molecule has 180 valence electrons. The van der Waals surface area contributed by atoms with Gasteiger partial charge in [-0.1, -0.05) is 0 Å². The second kappa shape index (κ2) is 10.8. The Morgan fingerprint density at radius 3 is 1.97 bits per heavy atom. The Bertz CT molecular complexity index is 827. The van der Waals surface area contributed by atoms with Crippen LogP contribution in [0.25, 0.3) is 0 Å². The smallest absolute Gasteiger partial charge is 0.303 e. The number of morpholine rings is 2. The average molecular weight is 463 g/mol. The molecule has 1 aromatic heterocycles. The van der Waals surface area contributed by atoms with Crippen molar-refractivity contribution < 1.29 is 29.0 Å². The van der Waals surface area contributed by atoms with Crippen molar-refractivity contribution in [3.05, 3.63) is 11.8 Å². The SMILES string of the molecule is O=C(O)CCC(=O)N1CCN(C(=O)c2cc(N3CCOCC3)nc(N3CCOCC3)n2)CC1. The standard InChI is InChI=1S/C21H30N6O6/c28-18(1-2-19(29)30)25-3-5-26(6-4-25)20(31)16-15-17(24-7-11-32-12-8-24)23-21(22-16)27-9-13-33-14-10-27/h15H,1-14H2,(H,29,30). The second-order valence-electron chi connectivity index (χ2n) is 8.18. The fraction of sp³-hybridized carbons (Fsp3) is 0.667. The van der Waals surface area contributed by atoms with Crippen LogP contribution in [0.15, 0.2) is 6.07 Å². The zero-order chi connectivity index (χ0) is 23.2. The van der Waals surface area contributed by atoms with E-state index in [2.05, 4.69) is 9.88 Å². The van der Waals surface area contributed by atoms with Crippen molar-refractivity contribution in [3.8, 4) is 0 Å². The van der Waals surface area contributed by atoms with Crippen molar-refractivity contribution in [2.75, 3.05) is 88.6 Å². The van der Waals surface area contributed by atoms with Gasteiger partial charge in [-0.05, 0) is 0 Å². The molecule has 3 aliphatic heterocycles. The van der Waals surface area contributed by atoms with E-state index in [4.69, 9.17) is 19.6 Å². The van der Waals surface area contributed by atoms with Gasteiger partial charge in [0.25, 0.3) is 5.91 Å². The molecule has 3 saturated heterocycles. The number of hydrogen-bond acceptors (Lipinski definition) is 9. The molecule has 12 nitrogen and oxygen atoms in total. The lowest BCUT2D eigenvalue weighted by atomic mass is 10.2. The van der Waals surface area contributed by atoms with Crippen LogP contribution in [-0.4, -0.2) is 121 Å². The number of rotatable bonds is 6. The van der Waals surface area contributed by atoms with Crippen molar-refractivity contribution in [3.63, 3.8) is 0 Å². The zero-order valence-electron chi connectivity index (χ0n) is 18.6. The van der Waals surface area contributed by atoms with Crippen molar-refractivity contribution >= 4 is 29.5 Å². The molecular formula is C21H30N6O6. The summed E-state index contributed by atoms with van der Waals surface area (Å²) in [5, 5.41) is 8.78. The molecule has 0 atom stereocenters. The number of carboxylic acid groups (broad SMARTS) is 1. The Labute approximate surface area is 192 Å². The number of carbonyl (C=O) groups is 3. The molecule has 0 aromatic carbocycles. The summed E-state index contributed by atoms with van der Waals surface area (Å²) < 4.78 is 10.9. The summed E-state index contributed by atoms with van der Waals surface area (Å²) in [5.74, 6) is -0.156. The quantitative estimate of drug-likeness (QED) is 0.579. The van der Waals surface area contributed by atoms with Crippen LogP contribution >= 0.6 is 0 Å². The van der Waals surface area contributed by atoms with Crippen LogP contribution in [0, 0.1) is 0 Å². The van der Waals surface area contributed by atoms with Gasteiger partial charge in [0.1, 0.15) is 11.5 Å². The van der Waals surface area contributed by atoms with E-state index in [9.17, 15) is 14.4 Å². The topological polar surface area (TPSA) is 129 Å². The molecule has 3 aliphatic rings. The minimum absolute atomic E-state index is 0.0268. The van der Waals surface area contributed by atoms with Crippen LogP contribution in [0.3, 0.4) is 0 Å². The summed E-state index contributed by atoms with van der Waals surface area (Å²) in [4.78, 5) is 53.0. The van der Waals surface area contributed by atoms with Crippen LogP contribution in [0.2, 0.25) is 0 Å². The third kappa shape index (κ3) is 5.88. The van der Waals surface area contributed by atoms with Crippen LogP contribution in [0.4, 0.5) is 11.8 Å². The van der Waals surface area contributed by atoms with Gasteiger partial charge in [0, 0.05) is 64.8 Å². The lowest BCUT2D eigenvalue weighted by Crippen LogP contribution is -2.51. The monoisotopic (exact) mass is 462 g/mol. The Morgan fingerprint density at radius 1 is 0.788 bits per heavy atom. The van der Waals surface area contributed by atoms with Crippen molar-refractivity contribution in [1.82, 2.24) is 19.8 Å². The van der Waals surface area contributed by atoms with Gasteiger partial charge < -0.3 is 34.2 Å². The molecule has 0 aliphatic carbocycles. The summed E-state index contributed by atoms with van der Waals surface area (Å²) in [7, 11) is 0. The molecule has 0 radical (unpaired) electrons. The van der Waals surface area contributed by atoms with E-state index in [1.165, 1.54) is 0 Å². The minimum atomic E-state index is -0.993. The van der Waals surface area contributed by atoms with Crippen molar-refractivity contribution in [1.29, 1.82) is 0 Å². The molecule has 0 bridgehead atoms. The van der Waals surface area contributed by atoms with Crippen molar-refractivity contribution in [2.24, 2.45) is 0 Å². The fourth-order valence-electron chi connectivity index (χ4n) is 4.08. The highest BCUT2D eigenvalue weighted by Gasteiger charge is 2.28. The molecule has 4 rings (SSSR count). The number of hydrogen-bond donors (Lipinski definition) is 1. The van der Waals surface area contributed by atoms with E-state index in [0.717, 1.165) is 0 Å². The Hall–Kier alpha value is -2.99. The molecule has 1 N–H and O–H groups in total. The number of ether oxygens (including phenoxy) is 2. The van der Waals surface area contributed by atoms with Crippen LogP contribution in [0.5, 0.6) is 0 Å². The molecule has 2 amide bonds. The van der Waals surface area contributed by atoms with E-state index in [1.807, 2.05) is 4.90 Å². The third-order valence-corrected chi connectivity index (χ3v) is 6.02. The first-order valence-corrected chi connectivity index (χ1v) is 11.3.